The van der Waals surface area contributed by atoms with Crippen molar-refractivity contribution in [3.8, 4) is 0 Å². The third-order valence-electron chi connectivity index (χ3n) is 5.34. The van der Waals surface area contributed by atoms with Crippen molar-refractivity contribution in [1.82, 2.24) is 4.67 Å². The fourth-order valence-corrected chi connectivity index (χ4v) is 8.43. The highest BCUT2D eigenvalue weighted by atomic mass is 31.1. The second-order valence-corrected chi connectivity index (χ2v) is 10.7. The van der Waals surface area contributed by atoms with Gasteiger partial charge in [-0.1, -0.05) is 41.5 Å². The third-order valence-corrected chi connectivity index (χ3v) is 8.69. The molecule has 1 heterocycles. The molecule has 0 aromatic carbocycles. The minimum atomic E-state index is 0.106. The molecule has 0 spiro atoms. The molecule has 112 valence electrons. The van der Waals surface area contributed by atoms with Gasteiger partial charge in [0, 0.05) is 12.6 Å². The van der Waals surface area contributed by atoms with Gasteiger partial charge >= 0.3 is 0 Å². The summed E-state index contributed by atoms with van der Waals surface area (Å²) in [6, 6.07) is 0.872. The molecule has 4 atom stereocenters. The molecule has 0 unspecified atom stereocenters. The van der Waals surface area contributed by atoms with E-state index in [9.17, 15) is 0 Å². The second-order valence-electron chi connectivity index (χ2n) is 7.69. The van der Waals surface area contributed by atoms with E-state index in [1.165, 1.54) is 32.2 Å². The molecule has 0 amide bonds. The van der Waals surface area contributed by atoms with E-state index in [0.29, 0.717) is 0 Å². The van der Waals surface area contributed by atoms with Crippen LogP contribution in [0.5, 0.6) is 0 Å². The van der Waals surface area contributed by atoms with Gasteiger partial charge in [0.15, 0.2) is 0 Å². The van der Waals surface area contributed by atoms with Crippen LogP contribution in [0.4, 0.5) is 0 Å². The zero-order valence-electron chi connectivity index (χ0n) is 13.9. The van der Waals surface area contributed by atoms with Crippen LogP contribution in [0.3, 0.4) is 0 Å². The molecule has 2 heteroatoms. The van der Waals surface area contributed by atoms with Crippen molar-refractivity contribution in [2.24, 2.45) is 17.8 Å². The lowest BCUT2D eigenvalue weighted by molar-refractivity contribution is 0.224. The van der Waals surface area contributed by atoms with Gasteiger partial charge in [-0.25, -0.2) is 0 Å². The molecule has 2 rings (SSSR count). The summed E-state index contributed by atoms with van der Waals surface area (Å²) in [5.74, 6) is 2.63. The van der Waals surface area contributed by atoms with E-state index in [0.717, 1.165) is 35.1 Å². The number of rotatable bonds is 4. The number of hydrogen-bond donors (Lipinski definition) is 0. The molecular weight excluding hydrogens is 249 g/mol. The van der Waals surface area contributed by atoms with Crippen LogP contribution in [0, 0.1) is 17.8 Å². The Morgan fingerprint density at radius 1 is 0.895 bits per heavy atom. The van der Waals surface area contributed by atoms with Crippen LogP contribution in [-0.4, -0.2) is 28.6 Å². The first kappa shape index (κ1) is 15.8. The molecule has 1 nitrogen and oxygen atoms in total. The maximum absolute atomic E-state index is 3.02. The molecule has 0 radical (unpaired) electrons. The highest BCUT2D eigenvalue weighted by Gasteiger charge is 2.43. The molecule has 1 saturated carbocycles. The van der Waals surface area contributed by atoms with Crippen LogP contribution in [0.2, 0.25) is 0 Å². The zero-order valence-corrected chi connectivity index (χ0v) is 14.8. The quantitative estimate of drug-likeness (QED) is 0.629. The second kappa shape index (κ2) is 6.44. The van der Waals surface area contributed by atoms with Crippen molar-refractivity contribution in [3.05, 3.63) is 0 Å². The molecular formula is C17H34NP. The lowest BCUT2D eigenvalue weighted by atomic mass is 10.00. The van der Waals surface area contributed by atoms with Crippen molar-refractivity contribution in [2.75, 3.05) is 6.54 Å². The Hall–Kier alpha value is 0.390. The van der Waals surface area contributed by atoms with Crippen molar-refractivity contribution in [1.29, 1.82) is 0 Å². The predicted octanol–water partition coefficient (Wildman–Crippen LogP) is 5.35. The van der Waals surface area contributed by atoms with Gasteiger partial charge in [0.2, 0.25) is 0 Å². The van der Waals surface area contributed by atoms with Crippen LogP contribution in [-0.2, 0) is 0 Å². The van der Waals surface area contributed by atoms with Gasteiger partial charge in [-0.05, 0) is 62.8 Å². The summed E-state index contributed by atoms with van der Waals surface area (Å²) in [5, 5.41) is 0. The fourth-order valence-electron chi connectivity index (χ4n) is 4.45. The van der Waals surface area contributed by atoms with E-state index < -0.39 is 0 Å². The van der Waals surface area contributed by atoms with Crippen LogP contribution in [0.1, 0.15) is 67.2 Å². The van der Waals surface area contributed by atoms with Crippen molar-refractivity contribution in [3.63, 3.8) is 0 Å². The summed E-state index contributed by atoms with van der Waals surface area (Å²) in [4.78, 5) is 0. The predicted molar refractivity (Wildman–Crippen MR) is 88.0 cm³/mol. The first-order valence-electron chi connectivity index (χ1n) is 8.46. The summed E-state index contributed by atoms with van der Waals surface area (Å²) >= 11 is 0. The van der Waals surface area contributed by atoms with Gasteiger partial charge in [0.05, 0.1) is 0 Å². The van der Waals surface area contributed by atoms with Gasteiger partial charge in [-0.3, -0.25) is 4.67 Å². The Bertz CT molecular complexity index is 247. The molecule has 1 aliphatic heterocycles. The number of hydrogen-bond acceptors (Lipinski definition) is 1. The van der Waals surface area contributed by atoms with Gasteiger partial charge in [0.1, 0.15) is 0 Å². The Balaban J connectivity index is 2.20. The standard InChI is InChI=1S/C17H34NP/c1-12(2)11-18(17-13(3)7-8-14(17)4)19-15(5)9-10-16(19)6/h12-17H,7-11H2,1-6H3/t13-,14-,15-,16-/m1/s1. The largest absolute Gasteiger partial charge is 0.278 e. The Labute approximate surface area is 122 Å². The highest BCUT2D eigenvalue weighted by Crippen LogP contribution is 2.60. The molecule has 2 aliphatic rings. The molecule has 0 aromatic rings. The fraction of sp³-hybridized carbons (Fsp3) is 1.00. The maximum atomic E-state index is 3.02. The van der Waals surface area contributed by atoms with E-state index >= 15 is 0 Å². The van der Waals surface area contributed by atoms with Gasteiger partial charge in [-0.15, -0.1) is 0 Å². The van der Waals surface area contributed by atoms with Crippen LogP contribution < -0.4 is 0 Å². The molecule has 0 bridgehead atoms. The number of nitrogens with zero attached hydrogens (tertiary/aromatic N) is 1. The summed E-state index contributed by atoms with van der Waals surface area (Å²) in [6.07, 6.45) is 5.84. The van der Waals surface area contributed by atoms with E-state index in [1.807, 2.05) is 0 Å². The first-order valence-corrected chi connectivity index (χ1v) is 9.90. The van der Waals surface area contributed by atoms with E-state index in [2.05, 4.69) is 46.2 Å². The molecule has 0 N–H and O–H groups in total. The van der Waals surface area contributed by atoms with Gasteiger partial charge in [0.25, 0.3) is 0 Å². The van der Waals surface area contributed by atoms with Crippen LogP contribution in [0.15, 0.2) is 0 Å². The molecule has 1 saturated heterocycles. The van der Waals surface area contributed by atoms with E-state index in [1.54, 1.807) is 0 Å². The van der Waals surface area contributed by atoms with E-state index in [-0.39, 0.29) is 8.07 Å². The third kappa shape index (κ3) is 3.35. The molecule has 0 aromatic heterocycles. The van der Waals surface area contributed by atoms with Crippen molar-refractivity contribution < 1.29 is 0 Å². The van der Waals surface area contributed by atoms with Gasteiger partial charge in [-0.2, -0.15) is 0 Å². The highest BCUT2D eigenvalue weighted by molar-refractivity contribution is 7.57. The normalized spacial score (nSPS) is 37.9. The molecule has 19 heavy (non-hydrogen) atoms. The summed E-state index contributed by atoms with van der Waals surface area (Å²) < 4.78 is 3.02. The van der Waals surface area contributed by atoms with Gasteiger partial charge < -0.3 is 0 Å². The van der Waals surface area contributed by atoms with Crippen LogP contribution >= 0.6 is 8.07 Å². The Morgan fingerprint density at radius 3 is 1.79 bits per heavy atom. The lowest BCUT2D eigenvalue weighted by Gasteiger charge is -2.43. The lowest BCUT2D eigenvalue weighted by Crippen LogP contribution is -2.41. The average molecular weight is 283 g/mol. The summed E-state index contributed by atoms with van der Waals surface area (Å²) in [7, 11) is 0.106. The van der Waals surface area contributed by atoms with Crippen molar-refractivity contribution >= 4 is 8.07 Å². The minimum absolute atomic E-state index is 0.106. The summed E-state index contributed by atoms with van der Waals surface area (Å²) in [6.45, 7) is 16.2. The maximum Gasteiger partial charge on any atom is 0.0186 e. The smallest absolute Gasteiger partial charge is 0.0186 e. The topological polar surface area (TPSA) is 3.24 Å². The average Bonchev–Trinajstić information content (AvgIpc) is 2.81. The monoisotopic (exact) mass is 283 g/mol. The zero-order chi connectivity index (χ0) is 14.2. The SMILES string of the molecule is CC(C)CN(C1[C@H](C)CC[C@H]1C)P1[C@H](C)CC[C@H]1C. The Kier molecular flexibility index (Phi) is 5.34. The molecule has 2 fully saturated rings. The van der Waals surface area contributed by atoms with Crippen molar-refractivity contribution in [2.45, 2.75) is 84.6 Å². The Morgan fingerprint density at radius 2 is 1.37 bits per heavy atom. The first-order chi connectivity index (χ1) is 8.91. The minimum Gasteiger partial charge on any atom is -0.278 e. The molecule has 1 aliphatic carbocycles. The van der Waals surface area contributed by atoms with E-state index in [4.69, 9.17) is 0 Å². The van der Waals surface area contributed by atoms with Crippen LogP contribution in [0.25, 0.3) is 0 Å². The summed E-state index contributed by atoms with van der Waals surface area (Å²) in [5.41, 5.74) is 1.92.